The summed E-state index contributed by atoms with van der Waals surface area (Å²) < 4.78 is 0. The quantitative estimate of drug-likeness (QED) is 0.899. The summed E-state index contributed by atoms with van der Waals surface area (Å²) >= 11 is 0. The molecule has 0 saturated carbocycles. The van der Waals surface area contributed by atoms with Crippen LogP contribution >= 0.6 is 37.2 Å². The summed E-state index contributed by atoms with van der Waals surface area (Å²) in [5, 5.41) is 0. The van der Waals surface area contributed by atoms with E-state index in [-0.39, 0.29) is 37.2 Å². The first-order valence-electron chi connectivity index (χ1n) is 5.38. The van der Waals surface area contributed by atoms with E-state index in [1.54, 1.807) is 0 Å². The van der Waals surface area contributed by atoms with Gasteiger partial charge in [-0.3, -0.25) is 4.98 Å². The van der Waals surface area contributed by atoms with E-state index in [0.717, 1.165) is 31.9 Å². The van der Waals surface area contributed by atoms with Crippen LogP contribution in [0, 0.1) is 0 Å². The fourth-order valence-electron chi connectivity index (χ4n) is 1.92. The Morgan fingerprint density at radius 2 is 1.78 bits per heavy atom. The van der Waals surface area contributed by atoms with E-state index in [9.17, 15) is 0 Å². The predicted octanol–water partition coefficient (Wildman–Crippen LogP) is 1.56. The van der Waals surface area contributed by atoms with Gasteiger partial charge in [0, 0.05) is 38.9 Å². The highest BCUT2D eigenvalue weighted by molar-refractivity contribution is 5.86. The van der Waals surface area contributed by atoms with Crippen LogP contribution in [0.2, 0.25) is 0 Å². The summed E-state index contributed by atoms with van der Waals surface area (Å²) in [4.78, 5) is 9.02. The van der Waals surface area contributed by atoms with Gasteiger partial charge in [0.25, 0.3) is 0 Å². The van der Waals surface area contributed by atoms with Crippen LogP contribution in [0.4, 0.5) is 5.69 Å². The van der Waals surface area contributed by atoms with Gasteiger partial charge >= 0.3 is 0 Å². The maximum atomic E-state index is 5.69. The van der Waals surface area contributed by atoms with Gasteiger partial charge in [0.2, 0.25) is 0 Å². The lowest BCUT2D eigenvalue weighted by atomic mass is 10.2. The van der Waals surface area contributed by atoms with Gasteiger partial charge in [0.05, 0.1) is 11.4 Å². The molecule has 0 spiro atoms. The Bertz CT molecular complexity index is 330. The van der Waals surface area contributed by atoms with Crippen molar-refractivity contribution in [3.63, 3.8) is 0 Å². The number of piperazine rings is 1. The molecule has 1 fully saturated rings. The van der Waals surface area contributed by atoms with Crippen molar-refractivity contribution in [3.05, 3.63) is 24.0 Å². The molecule has 0 unspecified atom stereocenters. The number of rotatable bonds is 2. The normalized spacial score (nSPS) is 15.1. The zero-order valence-electron chi connectivity index (χ0n) is 10.4. The molecule has 106 valence electrons. The van der Waals surface area contributed by atoms with Crippen molar-refractivity contribution < 1.29 is 0 Å². The maximum absolute atomic E-state index is 5.69. The molecular formula is C11H21Cl3N4. The largest absolute Gasteiger partial charge is 0.367 e. The predicted molar refractivity (Wildman–Crippen MR) is 83.6 cm³/mol. The van der Waals surface area contributed by atoms with E-state index in [1.165, 1.54) is 5.69 Å². The number of hydrogen-bond acceptors (Lipinski definition) is 4. The summed E-state index contributed by atoms with van der Waals surface area (Å²) in [5.74, 6) is 0. The van der Waals surface area contributed by atoms with Gasteiger partial charge in [-0.1, -0.05) is 0 Å². The molecule has 4 nitrogen and oxygen atoms in total. The highest BCUT2D eigenvalue weighted by atomic mass is 35.5. The zero-order valence-corrected chi connectivity index (χ0v) is 12.9. The Morgan fingerprint density at radius 3 is 2.33 bits per heavy atom. The first-order chi connectivity index (χ1) is 7.31. The fourth-order valence-corrected chi connectivity index (χ4v) is 1.92. The van der Waals surface area contributed by atoms with Gasteiger partial charge in [0.15, 0.2) is 0 Å². The van der Waals surface area contributed by atoms with Crippen molar-refractivity contribution in [3.8, 4) is 0 Å². The summed E-state index contributed by atoms with van der Waals surface area (Å²) in [6, 6.07) is 4.09. The number of nitrogens with zero attached hydrogens (tertiary/aromatic N) is 3. The van der Waals surface area contributed by atoms with Crippen LogP contribution in [0.1, 0.15) is 5.69 Å². The maximum Gasteiger partial charge on any atom is 0.0772 e. The van der Waals surface area contributed by atoms with E-state index in [2.05, 4.69) is 27.9 Å². The molecule has 1 aliphatic heterocycles. The minimum Gasteiger partial charge on any atom is -0.367 e. The first-order valence-corrected chi connectivity index (χ1v) is 5.38. The van der Waals surface area contributed by atoms with Gasteiger partial charge in [-0.05, 0) is 19.2 Å². The van der Waals surface area contributed by atoms with Crippen molar-refractivity contribution in [2.75, 3.05) is 38.1 Å². The molecule has 0 aromatic carbocycles. The molecule has 18 heavy (non-hydrogen) atoms. The fraction of sp³-hybridized carbons (Fsp3) is 0.545. The molecule has 0 radical (unpaired) electrons. The number of likely N-dealkylation sites (N-methyl/N-ethyl adjacent to an activating group) is 1. The lowest BCUT2D eigenvalue weighted by molar-refractivity contribution is 0.312. The van der Waals surface area contributed by atoms with Crippen molar-refractivity contribution in [1.29, 1.82) is 0 Å². The second-order valence-electron chi connectivity index (χ2n) is 3.96. The van der Waals surface area contributed by atoms with E-state index >= 15 is 0 Å². The molecule has 0 amide bonds. The third-order valence-corrected chi connectivity index (χ3v) is 2.90. The molecule has 1 aliphatic rings. The molecule has 2 N–H and O–H groups in total. The van der Waals surface area contributed by atoms with Crippen LogP contribution in [0.25, 0.3) is 0 Å². The van der Waals surface area contributed by atoms with Gasteiger partial charge in [0.1, 0.15) is 0 Å². The lowest BCUT2D eigenvalue weighted by Crippen LogP contribution is -2.45. The van der Waals surface area contributed by atoms with E-state index in [4.69, 9.17) is 5.73 Å². The molecule has 1 aromatic rings. The lowest BCUT2D eigenvalue weighted by Gasteiger charge is -2.34. The van der Waals surface area contributed by atoms with Crippen molar-refractivity contribution in [2.24, 2.45) is 5.73 Å². The Labute approximate surface area is 127 Å². The molecule has 7 heteroatoms. The smallest absolute Gasteiger partial charge is 0.0772 e. The Morgan fingerprint density at radius 1 is 1.17 bits per heavy atom. The van der Waals surface area contributed by atoms with Crippen molar-refractivity contribution in [2.45, 2.75) is 6.54 Å². The third kappa shape index (κ3) is 4.78. The number of halogens is 3. The monoisotopic (exact) mass is 314 g/mol. The van der Waals surface area contributed by atoms with Crippen LogP contribution in [0.5, 0.6) is 0 Å². The van der Waals surface area contributed by atoms with Gasteiger partial charge < -0.3 is 15.5 Å². The summed E-state index contributed by atoms with van der Waals surface area (Å²) in [6.07, 6.45) is 1.81. The Balaban J connectivity index is 0. The minimum atomic E-state index is 0. The van der Waals surface area contributed by atoms with Gasteiger partial charge in [-0.2, -0.15) is 0 Å². The highest BCUT2D eigenvalue weighted by Gasteiger charge is 2.16. The molecule has 0 aliphatic carbocycles. The number of nitrogens with two attached hydrogens (primary N) is 1. The average Bonchev–Trinajstić information content (AvgIpc) is 2.30. The average molecular weight is 316 g/mol. The van der Waals surface area contributed by atoms with Crippen LogP contribution in [0.3, 0.4) is 0 Å². The summed E-state index contributed by atoms with van der Waals surface area (Å²) in [6.45, 7) is 4.87. The highest BCUT2D eigenvalue weighted by Crippen LogP contribution is 2.18. The van der Waals surface area contributed by atoms with Crippen LogP contribution in [0.15, 0.2) is 18.3 Å². The molecule has 0 atom stereocenters. The molecular weight excluding hydrogens is 295 g/mol. The van der Waals surface area contributed by atoms with Crippen molar-refractivity contribution in [1.82, 2.24) is 9.88 Å². The summed E-state index contributed by atoms with van der Waals surface area (Å²) in [5.41, 5.74) is 7.89. The number of aromatic nitrogens is 1. The van der Waals surface area contributed by atoms with E-state index < -0.39 is 0 Å². The SMILES string of the molecule is CN1CCN(c2cccnc2CN)CC1.Cl.Cl.Cl. The topological polar surface area (TPSA) is 45.4 Å². The number of anilines is 1. The molecule has 1 aromatic heterocycles. The second kappa shape index (κ2) is 9.64. The van der Waals surface area contributed by atoms with E-state index in [1.807, 2.05) is 12.3 Å². The molecule has 0 bridgehead atoms. The number of hydrogen-bond donors (Lipinski definition) is 1. The van der Waals surface area contributed by atoms with Crippen LogP contribution in [-0.4, -0.2) is 43.1 Å². The first kappa shape index (κ1) is 20.1. The molecule has 2 heterocycles. The third-order valence-electron chi connectivity index (χ3n) is 2.90. The second-order valence-corrected chi connectivity index (χ2v) is 3.96. The Kier molecular flexibility index (Phi) is 10.7. The summed E-state index contributed by atoms with van der Waals surface area (Å²) in [7, 11) is 2.16. The van der Waals surface area contributed by atoms with Gasteiger partial charge in [-0.15, -0.1) is 37.2 Å². The van der Waals surface area contributed by atoms with Gasteiger partial charge in [-0.25, -0.2) is 0 Å². The van der Waals surface area contributed by atoms with Crippen molar-refractivity contribution >= 4 is 42.9 Å². The standard InChI is InChI=1S/C11H18N4.3ClH/c1-14-5-7-15(8-6-14)11-3-2-4-13-10(11)9-12;;;/h2-4H,5-9,12H2,1H3;3*1H. The molecule has 1 saturated heterocycles. The van der Waals surface area contributed by atoms with E-state index in [0.29, 0.717) is 6.54 Å². The zero-order chi connectivity index (χ0) is 10.7. The molecule has 2 rings (SSSR count). The number of pyridine rings is 1. The van der Waals surface area contributed by atoms with Crippen LogP contribution < -0.4 is 10.6 Å². The Hall–Kier alpha value is -0.260. The minimum absolute atomic E-state index is 0. The van der Waals surface area contributed by atoms with Crippen LogP contribution in [-0.2, 0) is 6.54 Å².